The summed E-state index contributed by atoms with van der Waals surface area (Å²) in [7, 11) is 0. The molecule has 2 aromatic rings. The monoisotopic (exact) mass is 290 g/mol. The average molecular weight is 290 g/mol. The summed E-state index contributed by atoms with van der Waals surface area (Å²) in [4.78, 5) is 13.2. The van der Waals surface area contributed by atoms with Gasteiger partial charge < -0.3 is 9.84 Å². The SMILES string of the molecule is Cc1cc(NC(=O)[C@H](C)Sc2ccc(C)c(C)c2)no1. The zero-order valence-corrected chi connectivity index (χ0v) is 12.9. The number of amides is 1. The molecule has 1 aromatic carbocycles. The van der Waals surface area contributed by atoms with Crippen molar-refractivity contribution < 1.29 is 9.32 Å². The summed E-state index contributed by atoms with van der Waals surface area (Å²) >= 11 is 1.53. The molecule has 20 heavy (non-hydrogen) atoms. The molecule has 1 amide bonds. The molecule has 0 aliphatic rings. The lowest BCUT2D eigenvalue weighted by Crippen LogP contribution is -2.22. The molecule has 4 nitrogen and oxygen atoms in total. The van der Waals surface area contributed by atoms with Crippen molar-refractivity contribution in [2.75, 3.05) is 5.32 Å². The van der Waals surface area contributed by atoms with Crippen molar-refractivity contribution in [3.8, 4) is 0 Å². The number of nitrogens with zero attached hydrogens (tertiary/aromatic N) is 1. The number of carbonyl (C=O) groups is 1. The standard InChI is InChI=1S/C15H18N2O2S/c1-9-5-6-13(7-10(9)2)20-12(4)15(18)16-14-8-11(3)19-17-14/h5-8,12H,1-4H3,(H,16,17,18)/t12-/m0/s1. The number of rotatable bonds is 4. The number of thioether (sulfide) groups is 1. The first-order chi connectivity index (χ1) is 9.45. The Hall–Kier alpha value is -1.75. The number of anilines is 1. The zero-order valence-electron chi connectivity index (χ0n) is 12.1. The molecule has 1 atom stereocenters. The number of hydrogen-bond acceptors (Lipinski definition) is 4. The number of hydrogen-bond donors (Lipinski definition) is 1. The Kier molecular flexibility index (Phi) is 4.49. The van der Waals surface area contributed by atoms with Crippen LogP contribution >= 0.6 is 11.8 Å². The van der Waals surface area contributed by atoms with E-state index in [1.54, 1.807) is 13.0 Å². The summed E-state index contributed by atoms with van der Waals surface area (Å²) < 4.78 is 4.92. The first-order valence-electron chi connectivity index (χ1n) is 6.44. The van der Waals surface area contributed by atoms with Crippen LogP contribution in [0.1, 0.15) is 23.8 Å². The van der Waals surface area contributed by atoms with Gasteiger partial charge in [-0.3, -0.25) is 4.79 Å². The van der Waals surface area contributed by atoms with Crippen LogP contribution in [-0.4, -0.2) is 16.3 Å². The number of benzene rings is 1. The Balaban J connectivity index is 1.98. The van der Waals surface area contributed by atoms with Gasteiger partial charge in [-0.05, 0) is 51.0 Å². The third-order valence-electron chi connectivity index (χ3n) is 3.04. The van der Waals surface area contributed by atoms with Crippen LogP contribution < -0.4 is 5.32 Å². The van der Waals surface area contributed by atoms with Gasteiger partial charge in [-0.2, -0.15) is 0 Å². The van der Waals surface area contributed by atoms with Crippen LogP contribution in [0.2, 0.25) is 0 Å². The van der Waals surface area contributed by atoms with E-state index in [1.165, 1.54) is 22.9 Å². The predicted molar refractivity (Wildman–Crippen MR) is 81.1 cm³/mol. The normalized spacial score (nSPS) is 12.2. The molecule has 0 fully saturated rings. The van der Waals surface area contributed by atoms with Crippen LogP contribution in [0, 0.1) is 20.8 Å². The Morgan fingerprint density at radius 3 is 2.60 bits per heavy atom. The summed E-state index contributed by atoms with van der Waals surface area (Å²) in [6.07, 6.45) is 0. The highest BCUT2D eigenvalue weighted by molar-refractivity contribution is 8.00. The number of carbonyl (C=O) groups excluding carboxylic acids is 1. The van der Waals surface area contributed by atoms with Crippen LogP contribution in [0.15, 0.2) is 33.7 Å². The maximum Gasteiger partial charge on any atom is 0.238 e. The lowest BCUT2D eigenvalue weighted by Gasteiger charge is -2.11. The molecule has 0 unspecified atom stereocenters. The third kappa shape index (κ3) is 3.63. The fourth-order valence-corrected chi connectivity index (χ4v) is 2.66. The van der Waals surface area contributed by atoms with E-state index in [1.807, 2.05) is 13.0 Å². The van der Waals surface area contributed by atoms with Gasteiger partial charge in [-0.15, -0.1) is 11.8 Å². The molecular formula is C15H18N2O2S. The van der Waals surface area contributed by atoms with E-state index < -0.39 is 0 Å². The molecule has 0 aliphatic carbocycles. The predicted octanol–water partition coefficient (Wildman–Crippen LogP) is 3.72. The molecule has 0 saturated carbocycles. The van der Waals surface area contributed by atoms with Gasteiger partial charge in [0.15, 0.2) is 5.82 Å². The number of nitrogens with one attached hydrogen (secondary N) is 1. The summed E-state index contributed by atoms with van der Waals surface area (Å²) in [5.74, 6) is 1.05. The zero-order chi connectivity index (χ0) is 14.7. The third-order valence-corrected chi connectivity index (χ3v) is 4.13. The van der Waals surface area contributed by atoms with Gasteiger partial charge in [0.25, 0.3) is 0 Å². The topological polar surface area (TPSA) is 55.1 Å². The van der Waals surface area contributed by atoms with E-state index in [0.29, 0.717) is 11.6 Å². The van der Waals surface area contributed by atoms with Gasteiger partial charge in [0, 0.05) is 11.0 Å². The van der Waals surface area contributed by atoms with Crippen LogP contribution in [-0.2, 0) is 4.79 Å². The Morgan fingerprint density at radius 2 is 2.00 bits per heavy atom. The van der Waals surface area contributed by atoms with E-state index in [4.69, 9.17) is 4.52 Å². The van der Waals surface area contributed by atoms with E-state index in [0.717, 1.165) is 4.90 Å². The molecule has 0 aliphatic heterocycles. The molecule has 0 bridgehead atoms. The Morgan fingerprint density at radius 1 is 1.25 bits per heavy atom. The van der Waals surface area contributed by atoms with Gasteiger partial charge >= 0.3 is 0 Å². The molecule has 2 rings (SSSR count). The quantitative estimate of drug-likeness (QED) is 0.872. The fraction of sp³-hybridized carbons (Fsp3) is 0.333. The van der Waals surface area contributed by atoms with Crippen molar-refractivity contribution in [2.24, 2.45) is 0 Å². The molecule has 0 saturated heterocycles. The minimum atomic E-state index is -0.200. The number of aryl methyl sites for hydroxylation is 3. The molecular weight excluding hydrogens is 272 g/mol. The maximum atomic E-state index is 12.1. The second kappa shape index (κ2) is 6.13. The second-order valence-electron chi connectivity index (χ2n) is 4.82. The number of aromatic nitrogens is 1. The first-order valence-corrected chi connectivity index (χ1v) is 7.32. The molecule has 0 spiro atoms. The van der Waals surface area contributed by atoms with Crippen LogP contribution in [0.4, 0.5) is 5.82 Å². The highest BCUT2D eigenvalue weighted by Gasteiger charge is 2.16. The summed E-state index contributed by atoms with van der Waals surface area (Å²) in [5, 5.41) is 6.30. The second-order valence-corrected chi connectivity index (χ2v) is 6.23. The van der Waals surface area contributed by atoms with Crippen molar-refractivity contribution >= 4 is 23.5 Å². The minimum absolute atomic E-state index is 0.0819. The van der Waals surface area contributed by atoms with Gasteiger partial charge in [0.05, 0.1) is 5.25 Å². The van der Waals surface area contributed by atoms with E-state index in [-0.39, 0.29) is 11.2 Å². The largest absolute Gasteiger partial charge is 0.360 e. The molecule has 5 heteroatoms. The first kappa shape index (κ1) is 14.7. The van der Waals surface area contributed by atoms with E-state index >= 15 is 0 Å². The lowest BCUT2D eigenvalue weighted by atomic mass is 10.1. The average Bonchev–Trinajstić information content (AvgIpc) is 2.79. The maximum absolute atomic E-state index is 12.1. The lowest BCUT2D eigenvalue weighted by molar-refractivity contribution is -0.115. The molecule has 1 N–H and O–H groups in total. The highest BCUT2D eigenvalue weighted by atomic mass is 32.2. The van der Waals surface area contributed by atoms with Crippen molar-refractivity contribution in [3.63, 3.8) is 0 Å². The Bertz CT molecular complexity index is 622. The van der Waals surface area contributed by atoms with Crippen LogP contribution in [0.25, 0.3) is 0 Å². The summed E-state index contributed by atoms with van der Waals surface area (Å²) in [5.41, 5.74) is 2.49. The molecule has 1 heterocycles. The molecule has 1 aromatic heterocycles. The van der Waals surface area contributed by atoms with Crippen molar-refractivity contribution in [2.45, 2.75) is 37.8 Å². The van der Waals surface area contributed by atoms with Gasteiger partial charge in [-0.1, -0.05) is 11.2 Å². The van der Waals surface area contributed by atoms with Gasteiger partial charge in [0.1, 0.15) is 5.76 Å². The van der Waals surface area contributed by atoms with E-state index in [2.05, 4.69) is 36.5 Å². The van der Waals surface area contributed by atoms with Crippen LogP contribution in [0.5, 0.6) is 0 Å². The highest BCUT2D eigenvalue weighted by Crippen LogP contribution is 2.26. The smallest absolute Gasteiger partial charge is 0.238 e. The van der Waals surface area contributed by atoms with E-state index in [9.17, 15) is 4.79 Å². The van der Waals surface area contributed by atoms with Crippen molar-refractivity contribution in [1.29, 1.82) is 0 Å². The van der Waals surface area contributed by atoms with Crippen molar-refractivity contribution in [1.82, 2.24) is 5.16 Å². The van der Waals surface area contributed by atoms with Gasteiger partial charge in [0.2, 0.25) is 5.91 Å². The van der Waals surface area contributed by atoms with Crippen LogP contribution in [0.3, 0.4) is 0 Å². The summed E-state index contributed by atoms with van der Waals surface area (Å²) in [6.45, 7) is 7.81. The van der Waals surface area contributed by atoms with Crippen molar-refractivity contribution in [3.05, 3.63) is 41.2 Å². The summed E-state index contributed by atoms with van der Waals surface area (Å²) in [6, 6.07) is 7.91. The minimum Gasteiger partial charge on any atom is -0.360 e. The molecule has 0 radical (unpaired) electrons. The molecule has 106 valence electrons. The fourth-order valence-electron chi connectivity index (χ4n) is 1.70. The Labute approximate surface area is 122 Å². The van der Waals surface area contributed by atoms with Gasteiger partial charge in [-0.25, -0.2) is 0 Å².